The van der Waals surface area contributed by atoms with Crippen LogP contribution in [0.1, 0.15) is 12.8 Å². The third-order valence-corrected chi connectivity index (χ3v) is 6.06. The monoisotopic (exact) mass is 327 g/mol. The topological polar surface area (TPSA) is 75.9 Å². The summed E-state index contributed by atoms with van der Waals surface area (Å²) in [5.74, 6) is 0. The lowest BCUT2D eigenvalue weighted by atomic mass is 10.1. The first-order valence-electron chi connectivity index (χ1n) is 7.50. The van der Waals surface area contributed by atoms with Crippen LogP contribution in [0.15, 0.2) is 29.2 Å². The van der Waals surface area contributed by atoms with Gasteiger partial charge in [-0.2, -0.15) is 4.31 Å². The van der Waals surface area contributed by atoms with Gasteiger partial charge in [0.05, 0.1) is 11.5 Å². The molecule has 0 atom stereocenters. The van der Waals surface area contributed by atoms with E-state index in [0.717, 1.165) is 25.9 Å². The molecule has 1 aromatic rings. The van der Waals surface area contributed by atoms with Gasteiger partial charge in [0.1, 0.15) is 0 Å². The number of nitrogens with two attached hydrogens (primary N) is 1. The summed E-state index contributed by atoms with van der Waals surface area (Å²) in [5.41, 5.74) is 6.21. The van der Waals surface area contributed by atoms with Crippen molar-refractivity contribution >= 4 is 15.7 Å². The Balaban J connectivity index is 2.25. The third kappa shape index (κ3) is 3.98. The van der Waals surface area contributed by atoms with Gasteiger partial charge >= 0.3 is 0 Å². The summed E-state index contributed by atoms with van der Waals surface area (Å²) in [7, 11) is 0.118. The van der Waals surface area contributed by atoms with Crippen molar-refractivity contribution < 1.29 is 13.2 Å². The summed E-state index contributed by atoms with van der Waals surface area (Å²) < 4.78 is 32.6. The van der Waals surface area contributed by atoms with Crippen LogP contribution in [-0.4, -0.2) is 64.1 Å². The van der Waals surface area contributed by atoms with E-state index in [4.69, 9.17) is 10.5 Å². The fourth-order valence-electron chi connectivity index (χ4n) is 2.74. The van der Waals surface area contributed by atoms with Gasteiger partial charge in [0.2, 0.25) is 10.0 Å². The Kier molecular flexibility index (Phi) is 5.80. The molecule has 0 aromatic heterocycles. The number of anilines is 1. The highest BCUT2D eigenvalue weighted by atomic mass is 32.2. The highest BCUT2D eigenvalue weighted by molar-refractivity contribution is 7.89. The maximum atomic E-state index is 12.9. The molecule has 1 aliphatic heterocycles. The summed E-state index contributed by atoms with van der Waals surface area (Å²) in [6.07, 6.45) is 1.68. The van der Waals surface area contributed by atoms with E-state index in [1.807, 2.05) is 0 Å². The lowest BCUT2D eigenvalue weighted by molar-refractivity contribution is 0.137. The van der Waals surface area contributed by atoms with Crippen molar-refractivity contribution in [2.45, 2.75) is 23.8 Å². The molecular weight excluding hydrogens is 302 g/mol. The minimum atomic E-state index is -3.53. The molecule has 124 valence electrons. The molecule has 22 heavy (non-hydrogen) atoms. The average molecular weight is 327 g/mol. The number of piperidine rings is 1. The molecular formula is C15H25N3O3S. The van der Waals surface area contributed by atoms with Gasteiger partial charge in [-0.3, -0.25) is 0 Å². The van der Waals surface area contributed by atoms with Crippen molar-refractivity contribution in [3.63, 3.8) is 0 Å². The summed E-state index contributed by atoms with van der Waals surface area (Å²) >= 11 is 0. The SMILES string of the molecule is COCCN(C1CCN(C)CC1)S(=O)(=O)c1ccc(N)cc1. The molecule has 0 saturated carbocycles. The average Bonchev–Trinajstić information content (AvgIpc) is 2.49. The van der Waals surface area contributed by atoms with Crippen molar-refractivity contribution in [2.75, 3.05) is 46.1 Å². The maximum absolute atomic E-state index is 12.9. The Bertz CT molecular complexity index is 566. The standard InChI is InChI=1S/C15H25N3O3S/c1-17-9-7-14(8-10-17)18(11-12-21-2)22(19,20)15-5-3-13(16)4-6-15/h3-6,14H,7-12,16H2,1-2H3. The van der Waals surface area contributed by atoms with Crippen LogP contribution in [0.5, 0.6) is 0 Å². The molecule has 1 fully saturated rings. The zero-order valence-corrected chi connectivity index (χ0v) is 14.1. The second-order valence-electron chi connectivity index (χ2n) is 5.71. The molecule has 7 heteroatoms. The predicted octanol–water partition coefficient (Wildman–Crippen LogP) is 1.00. The molecule has 0 radical (unpaired) electrons. The number of nitrogens with zero attached hydrogens (tertiary/aromatic N) is 2. The number of sulfonamides is 1. The van der Waals surface area contributed by atoms with Crippen LogP contribution in [-0.2, 0) is 14.8 Å². The van der Waals surface area contributed by atoms with Crippen LogP contribution in [0.4, 0.5) is 5.69 Å². The Hall–Kier alpha value is -1.15. The maximum Gasteiger partial charge on any atom is 0.243 e. The van der Waals surface area contributed by atoms with Gasteiger partial charge in [-0.15, -0.1) is 0 Å². The van der Waals surface area contributed by atoms with Crippen LogP contribution in [0.2, 0.25) is 0 Å². The molecule has 0 amide bonds. The summed E-state index contributed by atoms with van der Waals surface area (Å²) in [5, 5.41) is 0. The minimum absolute atomic E-state index is 0.0221. The van der Waals surface area contributed by atoms with Gasteiger partial charge in [-0.05, 0) is 57.2 Å². The lowest BCUT2D eigenvalue weighted by Crippen LogP contribution is -2.47. The molecule has 0 bridgehead atoms. The summed E-state index contributed by atoms with van der Waals surface area (Å²) in [6, 6.07) is 6.40. The molecule has 0 unspecified atom stereocenters. The first-order chi connectivity index (χ1) is 10.4. The van der Waals surface area contributed by atoms with Crippen molar-refractivity contribution in [1.29, 1.82) is 0 Å². The fraction of sp³-hybridized carbons (Fsp3) is 0.600. The Morgan fingerprint density at radius 1 is 1.27 bits per heavy atom. The number of methoxy groups -OCH3 is 1. The van der Waals surface area contributed by atoms with Gasteiger partial charge in [0.25, 0.3) is 0 Å². The van der Waals surface area contributed by atoms with Crippen molar-refractivity contribution in [3.05, 3.63) is 24.3 Å². The highest BCUT2D eigenvalue weighted by Crippen LogP contribution is 2.24. The second kappa shape index (κ2) is 7.41. The summed E-state index contributed by atoms with van der Waals surface area (Å²) in [6.45, 7) is 2.58. The number of nitrogen functional groups attached to an aromatic ring is 1. The Labute approximate surface area is 132 Å². The van der Waals surface area contributed by atoms with E-state index >= 15 is 0 Å². The molecule has 0 spiro atoms. The van der Waals surface area contributed by atoms with Crippen LogP contribution >= 0.6 is 0 Å². The molecule has 1 aromatic carbocycles. The van der Waals surface area contributed by atoms with Gasteiger partial charge < -0.3 is 15.4 Å². The van der Waals surface area contributed by atoms with E-state index in [-0.39, 0.29) is 10.9 Å². The fourth-order valence-corrected chi connectivity index (χ4v) is 4.41. The van der Waals surface area contributed by atoms with E-state index in [9.17, 15) is 8.42 Å². The molecule has 1 heterocycles. The first-order valence-corrected chi connectivity index (χ1v) is 8.94. The lowest BCUT2D eigenvalue weighted by Gasteiger charge is -2.36. The molecule has 0 aliphatic carbocycles. The van der Waals surface area contributed by atoms with Gasteiger partial charge in [-0.25, -0.2) is 8.42 Å². The number of rotatable bonds is 6. The zero-order valence-electron chi connectivity index (χ0n) is 13.2. The summed E-state index contributed by atoms with van der Waals surface area (Å²) in [4.78, 5) is 2.51. The molecule has 2 rings (SSSR count). The highest BCUT2D eigenvalue weighted by Gasteiger charge is 2.32. The second-order valence-corrected chi connectivity index (χ2v) is 7.60. The minimum Gasteiger partial charge on any atom is -0.399 e. The van der Waals surface area contributed by atoms with Gasteiger partial charge in [0, 0.05) is 25.4 Å². The van der Waals surface area contributed by atoms with Crippen LogP contribution < -0.4 is 5.73 Å². The smallest absolute Gasteiger partial charge is 0.243 e. The number of hydrogen-bond donors (Lipinski definition) is 1. The van der Waals surface area contributed by atoms with E-state index in [1.165, 1.54) is 0 Å². The molecule has 2 N–H and O–H groups in total. The van der Waals surface area contributed by atoms with Gasteiger partial charge in [0.15, 0.2) is 0 Å². The molecule has 1 saturated heterocycles. The predicted molar refractivity (Wildman–Crippen MR) is 87.1 cm³/mol. The number of ether oxygens (including phenoxy) is 1. The Morgan fingerprint density at radius 3 is 2.41 bits per heavy atom. The first kappa shape index (κ1) is 17.2. The number of hydrogen-bond acceptors (Lipinski definition) is 5. The van der Waals surface area contributed by atoms with E-state index < -0.39 is 10.0 Å². The van der Waals surface area contributed by atoms with Crippen LogP contribution in [0.3, 0.4) is 0 Å². The largest absolute Gasteiger partial charge is 0.399 e. The van der Waals surface area contributed by atoms with Crippen LogP contribution in [0, 0.1) is 0 Å². The number of benzene rings is 1. The van der Waals surface area contributed by atoms with E-state index in [0.29, 0.717) is 18.8 Å². The molecule has 1 aliphatic rings. The van der Waals surface area contributed by atoms with E-state index in [1.54, 1.807) is 35.7 Å². The quantitative estimate of drug-likeness (QED) is 0.789. The third-order valence-electron chi connectivity index (χ3n) is 4.10. The van der Waals surface area contributed by atoms with E-state index in [2.05, 4.69) is 11.9 Å². The normalized spacial score (nSPS) is 18.0. The molecule has 6 nitrogen and oxygen atoms in total. The van der Waals surface area contributed by atoms with Crippen LogP contribution in [0.25, 0.3) is 0 Å². The van der Waals surface area contributed by atoms with Crippen molar-refractivity contribution in [1.82, 2.24) is 9.21 Å². The Morgan fingerprint density at radius 2 is 1.86 bits per heavy atom. The van der Waals surface area contributed by atoms with Gasteiger partial charge in [-0.1, -0.05) is 0 Å². The zero-order chi connectivity index (χ0) is 16.2. The number of likely N-dealkylation sites (tertiary alicyclic amines) is 1. The van der Waals surface area contributed by atoms with Crippen molar-refractivity contribution in [3.8, 4) is 0 Å². The van der Waals surface area contributed by atoms with Crippen molar-refractivity contribution in [2.24, 2.45) is 0 Å².